The molecule has 0 aromatic heterocycles. The van der Waals surface area contributed by atoms with Crippen molar-refractivity contribution in [1.82, 2.24) is 0 Å². The molecule has 1 aliphatic rings. The number of rotatable bonds is 5. The van der Waals surface area contributed by atoms with E-state index in [9.17, 15) is 4.79 Å². The quantitative estimate of drug-likeness (QED) is 0.900. The highest BCUT2D eigenvalue weighted by Crippen LogP contribution is 2.49. The first-order valence-electron chi connectivity index (χ1n) is 7.74. The van der Waals surface area contributed by atoms with Gasteiger partial charge in [0.05, 0.1) is 17.2 Å². The molecule has 0 heterocycles. The van der Waals surface area contributed by atoms with Crippen LogP contribution < -0.4 is 10.1 Å². The molecule has 114 valence electrons. The predicted octanol–water partition coefficient (Wildman–Crippen LogP) is 4.14. The topological polar surface area (TPSA) is 38.3 Å². The van der Waals surface area contributed by atoms with Gasteiger partial charge in [-0.3, -0.25) is 4.79 Å². The summed E-state index contributed by atoms with van der Waals surface area (Å²) in [6, 6.07) is 17.6. The van der Waals surface area contributed by atoms with Crippen molar-refractivity contribution < 1.29 is 9.53 Å². The minimum Gasteiger partial charge on any atom is -0.489 e. The van der Waals surface area contributed by atoms with Gasteiger partial charge in [-0.1, -0.05) is 42.5 Å². The molecule has 0 spiro atoms. The van der Waals surface area contributed by atoms with E-state index in [1.165, 1.54) is 0 Å². The first-order chi connectivity index (χ1) is 10.6. The molecule has 1 saturated carbocycles. The lowest BCUT2D eigenvalue weighted by molar-refractivity contribution is -0.118. The Kier molecular flexibility index (Phi) is 3.88. The van der Waals surface area contributed by atoms with Crippen LogP contribution in [-0.4, -0.2) is 12.0 Å². The summed E-state index contributed by atoms with van der Waals surface area (Å²) in [7, 11) is 0. The third-order valence-electron chi connectivity index (χ3n) is 4.01. The van der Waals surface area contributed by atoms with Gasteiger partial charge in [-0.15, -0.1) is 0 Å². The van der Waals surface area contributed by atoms with Crippen LogP contribution in [0.4, 0.5) is 5.69 Å². The lowest BCUT2D eigenvalue weighted by atomic mass is 9.95. The minimum absolute atomic E-state index is 0.0542. The molecular weight excluding hydrogens is 274 g/mol. The van der Waals surface area contributed by atoms with Crippen molar-refractivity contribution in [2.75, 3.05) is 5.32 Å². The van der Waals surface area contributed by atoms with Crippen LogP contribution in [-0.2, 0) is 10.2 Å². The lowest BCUT2D eigenvalue weighted by Gasteiger charge is -2.18. The molecule has 2 aromatic rings. The normalized spacial score (nSPS) is 15.4. The first-order valence-corrected chi connectivity index (χ1v) is 7.74. The van der Waals surface area contributed by atoms with E-state index in [1.54, 1.807) is 0 Å². The fraction of sp³-hybridized carbons (Fsp3) is 0.316. The van der Waals surface area contributed by atoms with Crippen LogP contribution in [0.2, 0.25) is 0 Å². The molecule has 0 saturated heterocycles. The van der Waals surface area contributed by atoms with Gasteiger partial charge in [0.25, 0.3) is 0 Å². The van der Waals surface area contributed by atoms with Gasteiger partial charge in [-0.05, 0) is 44.4 Å². The number of benzene rings is 2. The molecule has 3 heteroatoms. The average molecular weight is 295 g/mol. The van der Waals surface area contributed by atoms with E-state index < -0.39 is 0 Å². The van der Waals surface area contributed by atoms with Crippen LogP contribution >= 0.6 is 0 Å². The van der Waals surface area contributed by atoms with Crippen molar-refractivity contribution >= 4 is 11.6 Å². The van der Waals surface area contributed by atoms with Gasteiger partial charge in [0.2, 0.25) is 5.91 Å². The molecular formula is C19H21NO2. The summed E-state index contributed by atoms with van der Waals surface area (Å²) >= 11 is 0. The van der Waals surface area contributed by atoms with Crippen molar-refractivity contribution in [2.45, 2.75) is 38.2 Å². The Bertz CT molecular complexity index is 660. The Hall–Kier alpha value is -2.29. The van der Waals surface area contributed by atoms with Crippen LogP contribution in [0, 0.1) is 0 Å². The monoisotopic (exact) mass is 295 g/mol. The summed E-state index contributed by atoms with van der Waals surface area (Å²) in [5.74, 6) is 0.771. The van der Waals surface area contributed by atoms with E-state index in [1.807, 2.05) is 68.4 Å². The molecule has 3 rings (SSSR count). The largest absolute Gasteiger partial charge is 0.489 e. The smallest absolute Gasteiger partial charge is 0.235 e. The molecule has 0 atom stereocenters. The number of para-hydroxylation sites is 2. The van der Waals surface area contributed by atoms with Gasteiger partial charge < -0.3 is 10.1 Å². The van der Waals surface area contributed by atoms with E-state index in [-0.39, 0.29) is 17.4 Å². The van der Waals surface area contributed by atoms with Gasteiger partial charge in [-0.25, -0.2) is 0 Å². The maximum Gasteiger partial charge on any atom is 0.235 e. The third kappa shape index (κ3) is 2.84. The maximum absolute atomic E-state index is 12.8. The number of amides is 1. The Morgan fingerprint density at radius 2 is 1.68 bits per heavy atom. The first kappa shape index (κ1) is 14.6. The van der Waals surface area contributed by atoms with Crippen molar-refractivity contribution in [1.29, 1.82) is 0 Å². The number of anilines is 1. The van der Waals surface area contributed by atoms with E-state index >= 15 is 0 Å². The van der Waals surface area contributed by atoms with Crippen molar-refractivity contribution in [2.24, 2.45) is 0 Å². The van der Waals surface area contributed by atoms with Crippen LogP contribution in [0.5, 0.6) is 5.75 Å². The Labute approximate surface area is 131 Å². The van der Waals surface area contributed by atoms with Gasteiger partial charge in [-0.2, -0.15) is 0 Å². The third-order valence-corrected chi connectivity index (χ3v) is 4.01. The summed E-state index contributed by atoms with van der Waals surface area (Å²) in [4.78, 5) is 12.8. The van der Waals surface area contributed by atoms with Crippen LogP contribution in [0.15, 0.2) is 54.6 Å². The predicted molar refractivity (Wildman–Crippen MR) is 88.2 cm³/mol. The fourth-order valence-electron chi connectivity index (χ4n) is 2.70. The second kappa shape index (κ2) is 5.84. The zero-order valence-corrected chi connectivity index (χ0v) is 13.0. The summed E-state index contributed by atoms with van der Waals surface area (Å²) in [5, 5.41) is 3.05. The standard InChI is InChI=1S/C19H21NO2/c1-14(2)22-17-11-7-6-10-16(17)20-18(21)19(12-13-19)15-8-4-3-5-9-15/h3-11,14H,12-13H2,1-2H3,(H,20,21). The van der Waals surface area contributed by atoms with Crippen molar-refractivity contribution in [3.8, 4) is 5.75 Å². The minimum atomic E-state index is -0.369. The van der Waals surface area contributed by atoms with E-state index in [4.69, 9.17) is 4.74 Å². The average Bonchev–Trinajstić information content (AvgIpc) is 3.31. The number of carbonyl (C=O) groups excluding carboxylic acids is 1. The number of hydrogen-bond donors (Lipinski definition) is 1. The fourth-order valence-corrected chi connectivity index (χ4v) is 2.70. The zero-order valence-electron chi connectivity index (χ0n) is 13.0. The Morgan fingerprint density at radius 3 is 2.32 bits per heavy atom. The second-order valence-corrected chi connectivity index (χ2v) is 6.07. The van der Waals surface area contributed by atoms with Gasteiger partial charge in [0.1, 0.15) is 5.75 Å². The van der Waals surface area contributed by atoms with Gasteiger partial charge in [0.15, 0.2) is 0 Å². The maximum atomic E-state index is 12.8. The lowest BCUT2D eigenvalue weighted by Crippen LogP contribution is -2.28. The van der Waals surface area contributed by atoms with Gasteiger partial charge in [0, 0.05) is 0 Å². The SMILES string of the molecule is CC(C)Oc1ccccc1NC(=O)C1(c2ccccc2)CC1. The zero-order chi connectivity index (χ0) is 15.6. The summed E-state index contributed by atoms with van der Waals surface area (Å²) in [6.07, 6.45) is 1.87. The van der Waals surface area contributed by atoms with E-state index in [0.29, 0.717) is 0 Å². The van der Waals surface area contributed by atoms with E-state index in [0.717, 1.165) is 29.8 Å². The second-order valence-electron chi connectivity index (χ2n) is 6.07. The molecule has 3 nitrogen and oxygen atoms in total. The highest BCUT2D eigenvalue weighted by Gasteiger charge is 2.51. The number of carbonyl (C=O) groups is 1. The number of ether oxygens (including phenoxy) is 1. The molecule has 0 bridgehead atoms. The van der Waals surface area contributed by atoms with Crippen LogP contribution in [0.1, 0.15) is 32.3 Å². The molecule has 1 amide bonds. The van der Waals surface area contributed by atoms with Crippen LogP contribution in [0.25, 0.3) is 0 Å². The molecule has 2 aromatic carbocycles. The molecule has 1 fully saturated rings. The highest BCUT2D eigenvalue weighted by molar-refractivity contribution is 6.02. The van der Waals surface area contributed by atoms with Crippen LogP contribution in [0.3, 0.4) is 0 Å². The summed E-state index contributed by atoms with van der Waals surface area (Å²) in [6.45, 7) is 3.95. The molecule has 0 aliphatic heterocycles. The number of nitrogens with one attached hydrogen (secondary N) is 1. The Morgan fingerprint density at radius 1 is 1.05 bits per heavy atom. The molecule has 0 radical (unpaired) electrons. The Balaban J connectivity index is 1.81. The summed E-state index contributed by atoms with van der Waals surface area (Å²) in [5.41, 5.74) is 1.46. The molecule has 0 unspecified atom stereocenters. The van der Waals surface area contributed by atoms with Crippen molar-refractivity contribution in [3.05, 3.63) is 60.2 Å². The van der Waals surface area contributed by atoms with E-state index in [2.05, 4.69) is 5.32 Å². The van der Waals surface area contributed by atoms with Gasteiger partial charge >= 0.3 is 0 Å². The number of hydrogen-bond acceptors (Lipinski definition) is 2. The summed E-state index contributed by atoms with van der Waals surface area (Å²) < 4.78 is 5.77. The highest BCUT2D eigenvalue weighted by atomic mass is 16.5. The molecule has 1 N–H and O–H groups in total. The van der Waals surface area contributed by atoms with Crippen molar-refractivity contribution in [3.63, 3.8) is 0 Å². The molecule has 22 heavy (non-hydrogen) atoms. The molecule has 1 aliphatic carbocycles.